The first kappa shape index (κ1) is 28.2. The summed E-state index contributed by atoms with van der Waals surface area (Å²) >= 11 is 0. The van der Waals surface area contributed by atoms with Crippen molar-refractivity contribution in [1.29, 1.82) is 0 Å². The Balaban J connectivity index is 0.000000470. The largest absolute Gasteiger partial charge is 0.490 e. The molecule has 0 saturated heterocycles. The maximum Gasteiger partial charge on any atom is 0.490 e. The summed E-state index contributed by atoms with van der Waals surface area (Å²) in [5.74, 6) is -0.421. The minimum atomic E-state index is -5.08. The van der Waals surface area contributed by atoms with Gasteiger partial charge in [-0.1, -0.05) is 30.3 Å². The number of ether oxygens (including phenoxy) is 1. The molecule has 3 aromatic carbocycles. The van der Waals surface area contributed by atoms with Crippen LogP contribution in [0.25, 0.3) is 11.0 Å². The molecule has 40 heavy (non-hydrogen) atoms. The molecule has 0 aliphatic rings. The SMILES string of the molecule is Cn1cnc(S(=O)(=O)Nc2ccc3nc(Cc4ccc(Oc5ccccc5)cc4)[nH]c3c2)c1.O=C(O)C(F)(F)F. The number of carboxylic acid groups (broad SMARTS) is 1. The minimum Gasteiger partial charge on any atom is -0.475 e. The molecule has 0 unspecified atom stereocenters. The maximum absolute atomic E-state index is 12.5. The van der Waals surface area contributed by atoms with Gasteiger partial charge >= 0.3 is 12.1 Å². The molecular weight excluding hydrogens is 551 g/mol. The number of rotatable bonds is 7. The van der Waals surface area contributed by atoms with Gasteiger partial charge in [-0.2, -0.15) is 21.6 Å². The molecule has 0 bridgehead atoms. The van der Waals surface area contributed by atoms with Crippen LogP contribution in [0.3, 0.4) is 0 Å². The number of sulfonamides is 1. The van der Waals surface area contributed by atoms with Crippen molar-refractivity contribution in [2.24, 2.45) is 7.05 Å². The minimum absolute atomic E-state index is 0.0323. The number of imidazole rings is 2. The van der Waals surface area contributed by atoms with Crippen LogP contribution in [0.1, 0.15) is 11.4 Å². The summed E-state index contributed by atoms with van der Waals surface area (Å²) in [5.41, 5.74) is 3.02. The highest BCUT2D eigenvalue weighted by Gasteiger charge is 2.38. The van der Waals surface area contributed by atoms with Gasteiger partial charge in [0.2, 0.25) is 0 Å². The van der Waals surface area contributed by atoms with Crippen LogP contribution in [0.5, 0.6) is 11.5 Å². The van der Waals surface area contributed by atoms with E-state index in [1.54, 1.807) is 29.8 Å². The van der Waals surface area contributed by atoms with Crippen LogP contribution in [0.15, 0.2) is 90.3 Å². The number of alkyl halides is 3. The Hall–Kier alpha value is -4.85. The number of hydrogen-bond acceptors (Lipinski definition) is 6. The summed E-state index contributed by atoms with van der Waals surface area (Å²) in [5, 5.41) is 7.09. The molecule has 0 radical (unpaired) electrons. The second kappa shape index (κ2) is 11.5. The number of H-pyrrole nitrogens is 1. The number of nitrogens with one attached hydrogen (secondary N) is 2. The molecule has 2 aromatic heterocycles. The summed E-state index contributed by atoms with van der Waals surface area (Å²) in [6, 6.07) is 22.7. The van der Waals surface area contributed by atoms with E-state index in [9.17, 15) is 21.6 Å². The fourth-order valence-electron chi connectivity index (χ4n) is 3.44. The Bertz CT molecular complexity index is 1720. The zero-order valence-electron chi connectivity index (χ0n) is 20.8. The number of para-hydroxylation sites is 1. The van der Waals surface area contributed by atoms with Crippen molar-refractivity contribution in [3.8, 4) is 11.5 Å². The number of aromatic amines is 1. The van der Waals surface area contributed by atoms with Crippen molar-refractivity contribution in [3.63, 3.8) is 0 Å². The predicted octanol–water partition coefficient (Wildman–Crippen LogP) is 5.11. The number of fused-ring (bicyclic) bond motifs is 1. The van der Waals surface area contributed by atoms with Gasteiger partial charge < -0.3 is 19.4 Å². The van der Waals surface area contributed by atoms with E-state index >= 15 is 0 Å². The molecule has 0 fully saturated rings. The van der Waals surface area contributed by atoms with E-state index in [1.165, 1.54) is 12.5 Å². The third-order valence-electron chi connectivity index (χ3n) is 5.26. The number of aliphatic carboxylic acids is 1. The van der Waals surface area contributed by atoms with E-state index in [2.05, 4.69) is 19.7 Å². The monoisotopic (exact) mass is 573 g/mol. The number of anilines is 1. The molecular formula is C26H22F3N5O5S. The van der Waals surface area contributed by atoms with Gasteiger partial charge in [0.25, 0.3) is 10.0 Å². The first-order chi connectivity index (χ1) is 18.9. The summed E-state index contributed by atoms with van der Waals surface area (Å²) in [4.78, 5) is 20.7. The van der Waals surface area contributed by atoms with Gasteiger partial charge in [0, 0.05) is 19.7 Å². The summed E-state index contributed by atoms with van der Waals surface area (Å²) < 4.78 is 66.7. The lowest BCUT2D eigenvalue weighted by Crippen LogP contribution is -2.21. The zero-order valence-corrected chi connectivity index (χ0v) is 21.6. The van der Waals surface area contributed by atoms with Crippen molar-refractivity contribution in [2.45, 2.75) is 17.6 Å². The van der Waals surface area contributed by atoms with Crippen LogP contribution >= 0.6 is 0 Å². The molecule has 3 N–H and O–H groups in total. The molecule has 5 aromatic rings. The molecule has 0 saturated carbocycles. The van der Waals surface area contributed by atoms with E-state index in [-0.39, 0.29) is 5.03 Å². The number of hydrogen-bond donors (Lipinski definition) is 3. The number of aromatic nitrogens is 4. The molecule has 0 spiro atoms. The molecule has 0 aliphatic carbocycles. The van der Waals surface area contributed by atoms with Gasteiger partial charge in [-0.05, 0) is 48.0 Å². The Kier molecular flexibility index (Phi) is 8.09. The van der Waals surface area contributed by atoms with Gasteiger partial charge in [0.15, 0.2) is 5.03 Å². The van der Waals surface area contributed by atoms with Gasteiger partial charge in [-0.3, -0.25) is 4.72 Å². The van der Waals surface area contributed by atoms with E-state index in [0.717, 1.165) is 33.9 Å². The topological polar surface area (TPSA) is 139 Å². The Labute approximate surface area is 226 Å². The highest BCUT2D eigenvalue weighted by Crippen LogP contribution is 2.24. The molecule has 0 atom stereocenters. The average Bonchev–Trinajstić information content (AvgIpc) is 3.51. The fourth-order valence-corrected chi connectivity index (χ4v) is 4.47. The Morgan fingerprint density at radius 3 is 2.30 bits per heavy atom. The third-order valence-corrected chi connectivity index (χ3v) is 6.52. The normalized spacial score (nSPS) is 11.5. The molecule has 0 aliphatic heterocycles. The first-order valence-corrected chi connectivity index (χ1v) is 13.0. The van der Waals surface area contributed by atoms with Crippen LogP contribution in [-0.2, 0) is 28.3 Å². The van der Waals surface area contributed by atoms with E-state index in [4.69, 9.17) is 14.6 Å². The third kappa shape index (κ3) is 7.38. The van der Waals surface area contributed by atoms with Gasteiger partial charge in [-0.25, -0.2) is 14.8 Å². The van der Waals surface area contributed by atoms with Crippen molar-refractivity contribution >= 4 is 32.7 Å². The molecule has 2 heterocycles. The van der Waals surface area contributed by atoms with E-state index in [0.29, 0.717) is 12.1 Å². The van der Waals surface area contributed by atoms with Crippen molar-refractivity contribution < 1.29 is 36.2 Å². The number of nitrogens with zero attached hydrogens (tertiary/aromatic N) is 3. The van der Waals surface area contributed by atoms with Gasteiger partial charge in [0.05, 0.1) is 23.0 Å². The summed E-state index contributed by atoms with van der Waals surface area (Å²) in [7, 11) is -2.04. The lowest BCUT2D eigenvalue weighted by Gasteiger charge is -2.06. The smallest absolute Gasteiger partial charge is 0.475 e. The van der Waals surface area contributed by atoms with Crippen LogP contribution < -0.4 is 9.46 Å². The van der Waals surface area contributed by atoms with E-state index in [1.807, 2.05) is 54.6 Å². The number of aryl methyl sites for hydroxylation is 1. The van der Waals surface area contributed by atoms with Crippen molar-refractivity contribution in [1.82, 2.24) is 19.5 Å². The van der Waals surface area contributed by atoms with Gasteiger partial charge in [-0.15, -0.1) is 0 Å². The van der Waals surface area contributed by atoms with E-state index < -0.39 is 22.2 Å². The Morgan fingerprint density at radius 2 is 1.70 bits per heavy atom. The number of benzene rings is 3. The highest BCUT2D eigenvalue weighted by molar-refractivity contribution is 7.92. The lowest BCUT2D eigenvalue weighted by atomic mass is 10.1. The molecule has 208 valence electrons. The molecule has 10 nitrogen and oxygen atoms in total. The fraction of sp³-hybridized carbons (Fsp3) is 0.115. The molecule has 14 heteroatoms. The number of halogens is 3. The molecule has 5 rings (SSSR count). The summed E-state index contributed by atoms with van der Waals surface area (Å²) in [6.45, 7) is 0. The van der Waals surface area contributed by atoms with Crippen LogP contribution in [-0.4, -0.2) is 45.2 Å². The standard InChI is InChI=1S/C24H21N5O3S.C2HF3O2/c1-29-15-24(25-16-29)33(30,31)28-18-9-12-21-22(14-18)27-23(26-21)13-17-7-10-20(11-8-17)32-19-5-3-2-4-6-19;3-2(4,5)1(6)7/h2-12,14-16,28H,13H2,1H3,(H,26,27);(H,6,7). The lowest BCUT2D eigenvalue weighted by molar-refractivity contribution is -0.192. The Morgan fingerprint density at radius 1 is 1.05 bits per heavy atom. The summed E-state index contributed by atoms with van der Waals surface area (Å²) in [6.07, 6.45) is -1.58. The number of carbonyl (C=O) groups is 1. The van der Waals surface area contributed by atoms with Crippen LogP contribution in [0, 0.1) is 0 Å². The zero-order chi connectivity index (χ0) is 28.9. The van der Waals surface area contributed by atoms with Crippen LogP contribution in [0.4, 0.5) is 18.9 Å². The van der Waals surface area contributed by atoms with Crippen molar-refractivity contribution in [3.05, 3.63) is 96.7 Å². The first-order valence-electron chi connectivity index (χ1n) is 11.5. The highest BCUT2D eigenvalue weighted by atomic mass is 32.2. The van der Waals surface area contributed by atoms with Crippen molar-refractivity contribution in [2.75, 3.05) is 4.72 Å². The quantitative estimate of drug-likeness (QED) is 0.246. The average molecular weight is 574 g/mol. The number of carboxylic acids is 1. The predicted molar refractivity (Wildman–Crippen MR) is 140 cm³/mol. The second-order valence-electron chi connectivity index (χ2n) is 8.44. The second-order valence-corrected chi connectivity index (χ2v) is 10.1. The maximum atomic E-state index is 12.5. The molecule has 0 amide bonds. The van der Waals surface area contributed by atoms with Gasteiger partial charge in [0.1, 0.15) is 17.3 Å². The van der Waals surface area contributed by atoms with Crippen LogP contribution in [0.2, 0.25) is 0 Å².